The predicted octanol–water partition coefficient (Wildman–Crippen LogP) is 2.98. The van der Waals surface area contributed by atoms with Crippen LogP contribution in [0, 0.1) is 5.82 Å². The first-order valence-corrected chi connectivity index (χ1v) is 6.16. The quantitative estimate of drug-likeness (QED) is 0.799. The molecule has 0 aromatic heterocycles. The van der Waals surface area contributed by atoms with Gasteiger partial charge in [-0.3, -0.25) is 0 Å². The number of ether oxygens (including phenoxy) is 1. The van der Waals surface area contributed by atoms with E-state index in [-0.39, 0.29) is 11.9 Å². The number of halogens is 1. The summed E-state index contributed by atoms with van der Waals surface area (Å²) in [6.45, 7) is 0.667. The van der Waals surface area contributed by atoms with Crippen molar-refractivity contribution in [1.29, 1.82) is 0 Å². The van der Waals surface area contributed by atoms with Gasteiger partial charge >= 0.3 is 0 Å². The Labute approximate surface area is 111 Å². The van der Waals surface area contributed by atoms with Gasteiger partial charge in [0.2, 0.25) is 0 Å². The summed E-state index contributed by atoms with van der Waals surface area (Å²) < 4.78 is 19.2. The van der Waals surface area contributed by atoms with Crippen molar-refractivity contribution in [2.24, 2.45) is 0 Å². The number of nitrogen functional groups attached to an aromatic ring is 1. The Bertz CT molecular complexity index is 615. The van der Waals surface area contributed by atoms with E-state index in [1.807, 2.05) is 25.2 Å². The van der Waals surface area contributed by atoms with Gasteiger partial charge in [0.15, 0.2) is 0 Å². The molecular weight excluding hydrogens is 243 g/mol. The van der Waals surface area contributed by atoms with Gasteiger partial charge in [-0.2, -0.15) is 0 Å². The van der Waals surface area contributed by atoms with Crippen molar-refractivity contribution in [3.05, 3.63) is 53.8 Å². The number of fused-ring (bicyclic) bond motifs is 1. The molecule has 4 heteroatoms. The number of nitrogens with zero attached hydrogens (tertiary/aromatic N) is 1. The molecule has 1 aliphatic rings. The fourth-order valence-electron chi connectivity index (χ4n) is 2.35. The monoisotopic (exact) mass is 258 g/mol. The largest absolute Gasteiger partial charge is 0.482 e. The summed E-state index contributed by atoms with van der Waals surface area (Å²) in [6.07, 6.45) is -0.170. The van der Waals surface area contributed by atoms with Crippen molar-refractivity contribution >= 4 is 11.4 Å². The van der Waals surface area contributed by atoms with Crippen LogP contribution in [0.25, 0.3) is 0 Å². The molecule has 1 heterocycles. The van der Waals surface area contributed by atoms with Gasteiger partial charge in [-0.25, -0.2) is 4.39 Å². The van der Waals surface area contributed by atoms with Gasteiger partial charge in [0.1, 0.15) is 17.7 Å². The van der Waals surface area contributed by atoms with Crippen LogP contribution in [-0.4, -0.2) is 13.6 Å². The summed E-state index contributed by atoms with van der Waals surface area (Å²) in [6, 6.07) is 12.1. The normalized spacial score (nSPS) is 17.8. The summed E-state index contributed by atoms with van der Waals surface area (Å²) in [5.41, 5.74) is 8.29. The first kappa shape index (κ1) is 11.8. The van der Waals surface area contributed by atoms with Crippen LogP contribution in [0.3, 0.4) is 0 Å². The van der Waals surface area contributed by atoms with Crippen LogP contribution >= 0.6 is 0 Å². The number of hydrogen-bond donors (Lipinski definition) is 1. The molecule has 0 saturated carbocycles. The average Bonchev–Trinajstić information content (AvgIpc) is 2.39. The van der Waals surface area contributed by atoms with E-state index in [9.17, 15) is 4.39 Å². The van der Waals surface area contributed by atoms with Gasteiger partial charge in [0.25, 0.3) is 0 Å². The number of hydrogen-bond acceptors (Lipinski definition) is 3. The second-order valence-electron chi connectivity index (χ2n) is 4.77. The smallest absolute Gasteiger partial charge is 0.143 e. The lowest BCUT2D eigenvalue weighted by molar-refractivity contribution is 0.199. The number of likely N-dealkylation sites (N-methyl/N-ethyl adjacent to an activating group) is 1. The molecule has 2 aromatic rings. The molecule has 0 bridgehead atoms. The summed E-state index contributed by atoms with van der Waals surface area (Å²) in [7, 11) is 1.98. The van der Waals surface area contributed by atoms with Crippen molar-refractivity contribution in [2.45, 2.75) is 6.10 Å². The fourth-order valence-corrected chi connectivity index (χ4v) is 2.35. The summed E-state index contributed by atoms with van der Waals surface area (Å²) in [4.78, 5) is 2.07. The second kappa shape index (κ2) is 4.46. The van der Waals surface area contributed by atoms with Crippen LogP contribution in [0.4, 0.5) is 15.8 Å². The van der Waals surface area contributed by atoms with E-state index in [0.717, 1.165) is 17.0 Å². The van der Waals surface area contributed by atoms with Gasteiger partial charge in [0.05, 0.1) is 12.2 Å². The van der Waals surface area contributed by atoms with Crippen LogP contribution in [0.2, 0.25) is 0 Å². The molecule has 2 aromatic carbocycles. The third-order valence-electron chi connectivity index (χ3n) is 3.32. The summed E-state index contributed by atoms with van der Waals surface area (Å²) >= 11 is 0. The highest BCUT2D eigenvalue weighted by Gasteiger charge is 2.25. The Hall–Kier alpha value is -2.23. The molecular formula is C15H15FN2O. The lowest BCUT2D eigenvalue weighted by Crippen LogP contribution is -2.32. The highest BCUT2D eigenvalue weighted by Crippen LogP contribution is 2.38. The number of rotatable bonds is 1. The van der Waals surface area contributed by atoms with Gasteiger partial charge in [-0.05, 0) is 35.9 Å². The van der Waals surface area contributed by atoms with E-state index in [1.54, 1.807) is 12.1 Å². The third-order valence-corrected chi connectivity index (χ3v) is 3.32. The fraction of sp³-hybridized carbons (Fsp3) is 0.200. The first-order chi connectivity index (χ1) is 9.13. The minimum atomic E-state index is -0.244. The van der Waals surface area contributed by atoms with Crippen molar-refractivity contribution in [1.82, 2.24) is 0 Å². The molecule has 1 atom stereocenters. The molecule has 0 amide bonds. The lowest BCUT2D eigenvalue weighted by atomic mass is 10.1. The maximum atomic E-state index is 13.3. The molecule has 98 valence electrons. The minimum absolute atomic E-state index is 0.170. The Morgan fingerprint density at radius 1 is 1.26 bits per heavy atom. The van der Waals surface area contributed by atoms with Gasteiger partial charge in [-0.1, -0.05) is 12.1 Å². The van der Waals surface area contributed by atoms with Crippen LogP contribution in [0.1, 0.15) is 11.7 Å². The third kappa shape index (κ3) is 2.21. The molecule has 0 saturated heterocycles. The average molecular weight is 258 g/mol. The van der Waals surface area contributed by atoms with Crippen LogP contribution in [-0.2, 0) is 0 Å². The Morgan fingerprint density at radius 3 is 2.89 bits per heavy atom. The Morgan fingerprint density at radius 2 is 2.11 bits per heavy atom. The zero-order valence-corrected chi connectivity index (χ0v) is 10.6. The van der Waals surface area contributed by atoms with Crippen molar-refractivity contribution in [2.75, 3.05) is 24.2 Å². The molecule has 2 N–H and O–H groups in total. The zero-order valence-electron chi connectivity index (χ0n) is 10.6. The highest BCUT2D eigenvalue weighted by molar-refractivity contribution is 5.66. The van der Waals surface area contributed by atoms with Crippen LogP contribution in [0.5, 0.6) is 5.75 Å². The van der Waals surface area contributed by atoms with Crippen LogP contribution < -0.4 is 15.4 Å². The van der Waals surface area contributed by atoms with E-state index in [1.165, 1.54) is 12.1 Å². The topological polar surface area (TPSA) is 38.5 Å². The standard InChI is InChI=1S/C15H15FN2O/c1-18-9-15(10-3-2-4-11(16)7-10)19-14-6-5-12(17)8-13(14)18/h2-8,15H,9,17H2,1H3. The molecule has 0 spiro atoms. The SMILES string of the molecule is CN1CC(c2cccc(F)c2)Oc2ccc(N)cc21. The molecule has 0 radical (unpaired) electrons. The molecule has 0 fully saturated rings. The minimum Gasteiger partial charge on any atom is -0.482 e. The summed E-state index contributed by atoms with van der Waals surface area (Å²) in [5.74, 6) is 0.532. The maximum Gasteiger partial charge on any atom is 0.143 e. The van der Waals surface area contributed by atoms with Gasteiger partial charge in [0, 0.05) is 12.7 Å². The molecule has 3 rings (SSSR count). The molecule has 1 unspecified atom stereocenters. The molecule has 1 aliphatic heterocycles. The Kier molecular flexibility index (Phi) is 2.78. The van der Waals surface area contributed by atoms with E-state index >= 15 is 0 Å². The zero-order chi connectivity index (χ0) is 13.4. The highest BCUT2D eigenvalue weighted by atomic mass is 19.1. The lowest BCUT2D eigenvalue weighted by Gasteiger charge is -2.34. The van der Waals surface area contributed by atoms with Crippen molar-refractivity contribution in [3.63, 3.8) is 0 Å². The van der Waals surface area contributed by atoms with E-state index < -0.39 is 0 Å². The van der Waals surface area contributed by atoms with Gasteiger partial charge in [-0.15, -0.1) is 0 Å². The number of benzene rings is 2. The van der Waals surface area contributed by atoms with E-state index in [2.05, 4.69) is 4.90 Å². The van der Waals surface area contributed by atoms with E-state index in [4.69, 9.17) is 10.5 Å². The first-order valence-electron chi connectivity index (χ1n) is 6.16. The number of nitrogens with two attached hydrogens (primary N) is 1. The molecule has 3 nitrogen and oxygen atoms in total. The second-order valence-corrected chi connectivity index (χ2v) is 4.77. The number of anilines is 2. The van der Waals surface area contributed by atoms with Crippen LogP contribution in [0.15, 0.2) is 42.5 Å². The van der Waals surface area contributed by atoms with Gasteiger partial charge < -0.3 is 15.4 Å². The molecule has 19 heavy (non-hydrogen) atoms. The summed E-state index contributed by atoms with van der Waals surface area (Å²) in [5, 5.41) is 0. The van der Waals surface area contributed by atoms with E-state index in [0.29, 0.717) is 12.2 Å². The predicted molar refractivity (Wildman–Crippen MR) is 73.9 cm³/mol. The molecule has 0 aliphatic carbocycles. The Balaban J connectivity index is 1.95. The van der Waals surface area contributed by atoms with Crippen molar-refractivity contribution in [3.8, 4) is 5.75 Å². The maximum absolute atomic E-state index is 13.3. The van der Waals surface area contributed by atoms with Crippen molar-refractivity contribution < 1.29 is 9.13 Å².